The van der Waals surface area contributed by atoms with Crippen molar-refractivity contribution < 1.29 is 37.0 Å². The number of ether oxygens (including phenoxy) is 3. The van der Waals surface area contributed by atoms with E-state index >= 15 is 0 Å². The molecule has 220 valence electrons. The fourth-order valence-corrected chi connectivity index (χ4v) is 4.17. The summed E-state index contributed by atoms with van der Waals surface area (Å²) in [7, 11) is 1.16. The molecule has 0 heterocycles. The van der Waals surface area contributed by atoms with Crippen LogP contribution in [0.25, 0.3) is 11.1 Å². The molecule has 0 aliphatic heterocycles. The molecule has 0 saturated heterocycles. The number of halogens is 3. The molecule has 9 heteroatoms. The van der Waals surface area contributed by atoms with Gasteiger partial charge in [-0.25, -0.2) is 4.79 Å². The Hall–Kier alpha value is -4.01. The summed E-state index contributed by atoms with van der Waals surface area (Å²) in [6.07, 6.45) is -1.97. The molecule has 0 N–H and O–H groups in total. The quantitative estimate of drug-likeness (QED) is 0.141. The summed E-state index contributed by atoms with van der Waals surface area (Å²) in [5.41, 5.74) is 3.52. The molecule has 6 nitrogen and oxygen atoms in total. The second kappa shape index (κ2) is 13.6. The van der Waals surface area contributed by atoms with Gasteiger partial charge in [0.2, 0.25) is 0 Å². The van der Waals surface area contributed by atoms with Crippen LogP contribution in [0.5, 0.6) is 11.5 Å². The van der Waals surface area contributed by atoms with Crippen LogP contribution in [-0.2, 0) is 26.3 Å². The van der Waals surface area contributed by atoms with E-state index in [2.05, 4.69) is 32.4 Å². The average Bonchev–Trinajstić information content (AvgIpc) is 2.93. The van der Waals surface area contributed by atoms with Crippen molar-refractivity contribution in [3.8, 4) is 22.6 Å². The van der Waals surface area contributed by atoms with Crippen LogP contribution in [0.4, 0.5) is 18.9 Å². The van der Waals surface area contributed by atoms with Crippen molar-refractivity contribution in [2.75, 3.05) is 18.6 Å². The number of anilines is 1. The second-order valence-corrected chi connectivity index (χ2v) is 10.6. The van der Waals surface area contributed by atoms with Gasteiger partial charge in [-0.1, -0.05) is 76.9 Å². The predicted octanol–water partition coefficient (Wildman–Crippen LogP) is 7.82. The highest BCUT2D eigenvalue weighted by atomic mass is 19.4. The summed E-state index contributed by atoms with van der Waals surface area (Å²) >= 11 is 0. The lowest BCUT2D eigenvalue weighted by molar-refractivity contribution is -0.274. The van der Waals surface area contributed by atoms with E-state index in [0.29, 0.717) is 34.7 Å². The first-order valence-corrected chi connectivity index (χ1v) is 13.4. The van der Waals surface area contributed by atoms with Gasteiger partial charge in [0.25, 0.3) is 0 Å². The van der Waals surface area contributed by atoms with E-state index in [1.165, 1.54) is 29.2 Å². The smallest absolute Gasteiger partial charge is 0.493 e. The number of alkyl halides is 3. The Morgan fingerprint density at radius 3 is 2.05 bits per heavy atom. The number of carbonyl (C=O) groups is 2. The van der Waals surface area contributed by atoms with Gasteiger partial charge < -0.3 is 14.2 Å². The Morgan fingerprint density at radius 2 is 1.49 bits per heavy atom. The molecule has 0 fully saturated rings. The molecule has 0 atom stereocenters. The third-order valence-electron chi connectivity index (χ3n) is 6.47. The SMILES string of the molecule is CCCCCOc1cc(-c2ccc(OC(F)(F)F)cc2)ccc1CN(C(=O)C(=O)OC)c1ccc(C(C)(C)C)cc1. The molecular weight excluding hydrogens is 535 g/mol. The second-order valence-electron chi connectivity index (χ2n) is 10.6. The van der Waals surface area contributed by atoms with Gasteiger partial charge in [-0.3, -0.25) is 9.69 Å². The fraction of sp³-hybridized carbons (Fsp3) is 0.375. The molecule has 0 radical (unpaired) electrons. The van der Waals surface area contributed by atoms with Crippen molar-refractivity contribution in [1.29, 1.82) is 0 Å². The number of nitrogens with zero attached hydrogens (tertiary/aromatic N) is 1. The van der Waals surface area contributed by atoms with Crippen molar-refractivity contribution >= 4 is 17.6 Å². The monoisotopic (exact) mass is 571 g/mol. The third-order valence-corrected chi connectivity index (χ3v) is 6.47. The first-order valence-electron chi connectivity index (χ1n) is 13.4. The predicted molar refractivity (Wildman–Crippen MR) is 152 cm³/mol. The maximum Gasteiger partial charge on any atom is 0.573 e. The van der Waals surface area contributed by atoms with Gasteiger partial charge in [-0.15, -0.1) is 13.2 Å². The zero-order valence-corrected chi connectivity index (χ0v) is 24.0. The fourth-order valence-electron chi connectivity index (χ4n) is 4.17. The maximum atomic E-state index is 13.1. The Labute approximate surface area is 239 Å². The molecule has 0 aliphatic rings. The van der Waals surface area contributed by atoms with Crippen LogP contribution in [-0.4, -0.2) is 32.0 Å². The first kappa shape index (κ1) is 31.5. The van der Waals surface area contributed by atoms with Crippen molar-refractivity contribution in [2.45, 2.75) is 65.3 Å². The summed E-state index contributed by atoms with van der Waals surface area (Å²) in [4.78, 5) is 26.8. The lowest BCUT2D eigenvalue weighted by atomic mass is 9.87. The number of hydrogen-bond acceptors (Lipinski definition) is 5. The van der Waals surface area contributed by atoms with Crippen LogP contribution >= 0.6 is 0 Å². The first-order chi connectivity index (χ1) is 19.3. The van der Waals surface area contributed by atoms with Gasteiger partial charge in [0, 0.05) is 11.3 Å². The Balaban J connectivity index is 1.98. The Kier molecular flexibility index (Phi) is 10.4. The number of amides is 1. The summed E-state index contributed by atoms with van der Waals surface area (Å²) in [5, 5.41) is 0. The van der Waals surface area contributed by atoms with Gasteiger partial charge in [0.1, 0.15) is 11.5 Å². The Bertz CT molecular complexity index is 1310. The molecule has 0 unspecified atom stereocenters. The van der Waals surface area contributed by atoms with Gasteiger partial charge in [-0.05, 0) is 58.9 Å². The Morgan fingerprint density at radius 1 is 0.854 bits per heavy atom. The van der Waals surface area contributed by atoms with E-state index in [1.807, 2.05) is 12.1 Å². The minimum atomic E-state index is -4.77. The van der Waals surface area contributed by atoms with Gasteiger partial charge in [-0.2, -0.15) is 0 Å². The van der Waals surface area contributed by atoms with E-state index in [-0.39, 0.29) is 17.7 Å². The van der Waals surface area contributed by atoms with Crippen LogP contribution in [0.15, 0.2) is 66.7 Å². The number of esters is 1. The standard InChI is InChI=1S/C32H36F3NO5/c1-6-7-8-19-40-28-20-23(22-11-17-27(18-12-22)41-32(33,34)35)9-10-24(28)21-36(29(37)30(38)39-5)26-15-13-25(14-16-26)31(2,3)4/h9-18,20H,6-8,19,21H2,1-5H3. The zero-order chi connectivity index (χ0) is 30.2. The number of hydrogen-bond donors (Lipinski definition) is 0. The summed E-state index contributed by atoms with van der Waals surface area (Å²) < 4.78 is 52.5. The average molecular weight is 572 g/mol. The van der Waals surface area contributed by atoms with Crippen LogP contribution < -0.4 is 14.4 Å². The minimum Gasteiger partial charge on any atom is -0.493 e. The molecule has 3 aromatic carbocycles. The van der Waals surface area contributed by atoms with Crippen molar-refractivity contribution in [3.05, 3.63) is 77.9 Å². The van der Waals surface area contributed by atoms with Crippen molar-refractivity contribution in [3.63, 3.8) is 0 Å². The highest BCUT2D eigenvalue weighted by Crippen LogP contribution is 2.33. The molecule has 0 saturated carbocycles. The molecular formula is C32H36F3NO5. The van der Waals surface area contributed by atoms with Crippen LogP contribution in [0.2, 0.25) is 0 Å². The van der Waals surface area contributed by atoms with E-state index < -0.39 is 18.2 Å². The summed E-state index contributed by atoms with van der Waals surface area (Å²) in [5.74, 6) is -1.63. The molecule has 1 amide bonds. The van der Waals surface area contributed by atoms with E-state index in [1.54, 1.807) is 30.3 Å². The third kappa shape index (κ3) is 8.99. The number of benzene rings is 3. The molecule has 0 aliphatic carbocycles. The van der Waals surface area contributed by atoms with E-state index in [0.717, 1.165) is 31.9 Å². The molecule has 0 spiro atoms. The van der Waals surface area contributed by atoms with E-state index in [9.17, 15) is 22.8 Å². The lowest BCUT2D eigenvalue weighted by Crippen LogP contribution is -2.37. The molecule has 0 aromatic heterocycles. The molecule has 3 rings (SSSR count). The summed E-state index contributed by atoms with van der Waals surface area (Å²) in [6, 6.07) is 18.3. The molecule has 3 aromatic rings. The molecule has 41 heavy (non-hydrogen) atoms. The minimum absolute atomic E-state index is 0.0323. The summed E-state index contributed by atoms with van der Waals surface area (Å²) in [6.45, 7) is 8.80. The van der Waals surface area contributed by atoms with Crippen molar-refractivity contribution in [2.24, 2.45) is 0 Å². The van der Waals surface area contributed by atoms with Gasteiger partial charge in [0.15, 0.2) is 0 Å². The normalized spacial score (nSPS) is 11.6. The zero-order valence-electron chi connectivity index (χ0n) is 24.0. The number of methoxy groups -OCH3 is 1. The lowest BCUT2D eigenvalue weighted by Gasteiger charge is -2.25. The van der Waals surface area contributed by atoms with E-state index in [4.69, 9.17) is 9.47 Å². The van der Waals surface area contributed by atoms with Gasteiger partial charge >= 0.3 is 18.2 Å². The highest BCUT2D eigenvalue weighted by molar-refractivity contribution is 6.38. The largest absolute Gasteiger partial charge is 0.573 e. The number of carbonyl (C=O) groups excluding carboxylic acids is 2. The number of unbranched alkanes of at least 4 members (excludes halogenated alkanes) is 2. The maximum absolute atomic E-state index is 13.1. The van der Waals surface area contributed by atoms with Gasteiger partial charge in [0.05, 0.1) is 20.3 Å². The topological polar surface area (TPSA) is 65.1 Å². The molecule has 0 bridgehead atoms. The van der Waals surface area contributed by atoms with Crippen LogP contribution in [0.3, 0.4) is 0 Å². The van der Waals surface area contributed by atoms with Crippen LogP contribution in [0, 0.1) is 0 Å². The number of rotatable bonds is 10. The van der Waals surface area contributed by atoms with Crippen LogP contribution in [0.1, 0.15) is 58.1 Å². The highest BCUT2D eigenvalue weighted by Gasteiger charge is 2.31. The van der Waals surface area contributed by atoms with Crippen molar-refractivity contribution in [1.82, 2.24) is 0 Å².